The first-order chi connectivity index (χ1) is 13.9. The van der Waals surface area contributed by atoms with Crippen LogP contribution in [0.25, 0.3) is 0 Å². The Hall–Kier alpha value is -3.72. The summed E-state index contributed by atoms with van der Waals surface area (Å²) in [6.07, 6.45) is 0. The maximum Gasteiger partial charge on any atom is 0.335 e. The van der Waals surface area contributed by atoms with Crippen LogP contribution in [-0.4, -0.2) is 37.1 Å². The summed E-state index contributed by atoms with van der Waals surface area (Å²) >= 11 is 5.92. The van der Waals surface area contributed by atoms with Gasteiger partial charge in [-0.05, 0) is 60.1 Å². The van der Waals surface area contributed by atoms with Crippen molar-refractivity contribution < 1.29 is 19.8 Å². The fourth-order valence-electron chi connectivity index (χ4n) is 2.11. The normalized spacial score (nSPS) is 9.76. The minimum atomic E-state index is -1.02. The van der Waals surface area contributed by atoms with E-state index in [1.54, 1.807) is 24.3 Å². The Labute approximate surface area is 171 Å². The van der Waals surface area contributed by atoms with E-state index in [1.165, 1.54) is 24.3 Å². The molecule has 1 aromatic heterocycles. The van der Waals surface area contributed by atoms with Gasteiger partial charge in [-0.3, -0.25) is 0 Å². The van der Waals surface area contributed by atoms with Crippen molar-refractivity contribution in [2.75, 3.05) is 10.6 Å². The summed E-state index contributed by atoms with van der Waals surface area (Å²) in [6, 6.07) is 12.0. The lowest BCUT2D eigenvalue weighted by atomic mass is 10.2. The molecule has 0 atom stereocenters. The number of hydrogen-bond donors (Lipinski definition) is 4. The third-order valence-electron chi connectivity index (χ3n) is 3.38. The highest BCUT2D eigenvalue weighted by atomic mass is 35.5. The van der Waals surface area contributed by atoms with Gasteiger partial charge >= 0.3 is 11.9 Å². The van der Waals surface area contributed by atoms with Crippen LogP contribution in [0.3, 0.4) is 0 Å². The molecule has 2 aromatic carbocycles. The first-order valence-electron chi connectivity index (χ1n) is 8.53. The number of aromatic carboxylic acids is 2. The van der Waals surface area contributed by atoms with E-state index in [-0.39, 0.29) is 28.3 Å². The molecule has 0 spiro atoms. The Morgan fingerprint density at radius 1 is 0.724 bits per heavy atom. The van der Waals surface area contributed by atoms with Crippen LogP contribution in [0.2, 0.25) is 5.28 Å². The van der Waals surface area contributed by atoms with Crippen LogP contribution >= 0.6 is 11.6 Å². The predicted molar refractivity (Wildman–Crippen MR) is 110 cm³/mol. The predicted octanol–water partition coefficient (Wildman–Crippen LogP) is 4.43. The summed E-state index contributed by atoms with van der Waals surface area (Å²) in [6.45, 7) is 4.00. The van der Waals surface area contributed by atoms with Gasteiger partial charge in [0.1, 0.15) is 0 Å². The van der Waals surface area contributed by atoms with Gasteiger partial charge in [-0.1, -0.05) is 13.8 Å². The topological polar surface area (TPSA) is 137 Å². The van der Waals surface area contributed by atoms with Crippen molar-refractivity contribution in [1.82, 2.24) is 15.0 Å². The lowest BCUT2D eigenvalue weighted by molar-refractivity contribution is 0.0686. The average molecular weight is 416 g/mol. The maximum atomic E-state index is 10.9. The van der Waals surface area contributed by atoms with E-state index < -0.39 is 11.9 Å². The van der Waals surface area contributed by atoms with E-state index >= 15 is 0 Å². The van der Waals surface area contributed by atoms with Crippen LogP contribution in [0.4, 0.5) is 23.3 Å². The number of nitrogens with one attached hydrogen (secondary N) is 2. The van der Waals surface area contributed by atoms with Gasteiger partial charge < -0.3 is 20.8 Å². The zero-order valence-corrected chi connectivity index (χ0v) is 16.3. The van der Waals surface area contributed by atoms with E-state index in [0.29, 0.717) is 11.4 Å². The number of nitrogens with zero attached hydrogens (tertiary/aromatic N) is 3. The second kappa shape index (κ2) is 10.00. The number of hydrogen-bond acceptors (Lipinski definition) is 7. The third-order valence-corrected chi connectivity index (χ3v) is 3.55. The van der Waals surface area contributed by atoms with E-state index in [0.717, 1.165) is 0 Å². The lowest BCUT2D eigenvalue weighted by Crippen LogP contribution is -2.04. The molecule has 0 amide bonds. The van der Waals surface area contributed by atoms with Gasteiger partial charge in [0.2, 0.25) is 17.2 Å². The first kappa shape index (κ1) is 21.6. The standard InChI is InChI=1S/C17H12ClN5O4.C2H6/c18-15-21-16(19-11-5-1-9(2-6-11)13(24)25)23-17(22-15)20-12-7-3-10(4-8-12)14(26)27;1-2/h1-8H,(H,24,25)(H,26,27)(H2,19,20,21,22,23);1-2H3. The maximum absolute atomic E-state index is 10.9. The number of benzene rings is 2. The summed E-state index contributed by atoms with van der Waals surface area (Å²) in [4.78, 5) is 33.9. The van der Waals surface area contributed by atoms with Gasteiger partial charge in [0.25, 0.3) is 0 Å². The smallest absolute Gasteiger partial charge is 0.335 e. The summed E-state index contributed by atoms with van der Waals surface area (Å²) in [7, 11) is 0. The van der Waals surface area contributed by atoms with E-state index in [9.17, 15) is 9.59 Å². The van der Waals surface area contributed by atoms with Gasteiger partial charge in [-0.15, -0.1) is 0 Å². The highest BCUT2D eigenvalue weighted by molar-refractivity contribution is 6.28. The fraction of sp³-hybridized carbons (Fsp3) is 0.105. The van der Waals surface area contributed by atoms with Crippen LogP contribution < -0.4 is 10.6 Å². The quantitative estimate of drug-likeness (QED) is 0.460. The molecule has 29 heavy (non-hydrogen) atoms. The molecule has 3 rings (SSSR count). The number of rotatable bonds is 6. The minimum Gasteiger partial charge on any atom is -0.478 e. The van der Waals surface area contributed by atoms with Gasteiger partial charge in [-0.2, -0.15) is 15.0 Å². The average Bonchev–Trinajstić information content (AvgIpc) is 2.70. The van der Waals surface area contributed by atoms with E-state index in [1.807, 2.05) is 13.8 Å². The number of carboxylic acids is 2. The summed E-state index contributed by atoms with van der Waals surface area (Å²) in [5, 5.41) is 23.6. The van der Waals surface area contributed by atoms with Crippen LogP contribution in [-0.2, 0) is 0 Å². The zero-order chi connectivity index (χ0) is 21.4. The second-order valence-electron chi connectivity index (χ2n) is 5.27. The molecule has 0 aliphatic rings. The molecule has 0 radical (unpaired) electrons. The Morgan fingerprint density at radius 3 is 1.38 bits per heavy atom. The molecule has 0 unspecified atom stereocenters. The molecule has 0 aliphatic heterocycles. The van der Waals surface area contributed by atoms with Crippen molar-refractivity contribution in [1.29, 1.82) is 0 Å². The summed E-state index contributed by atoms with van der Waals surface area (Å²) < 4.78 is 0. The van der Waals surface area contributed by atoms with Gasteiger partial charge in [0, 0.05) is 11.4 Å². The number of anilines is 4. The van der Waals surface area contributed by atoms with E-state index in [2.05, 4.69) is 25.6 Å². The third kappa shape index (κ3) is 6.15. The minimum absolute atomic E-state index is 0.0562. The van der Waals surface area contributed by atoms with E-state index in [4.69, 9.17) is 21.8 Å². The molecular formula is C19H18ClN5O4. The van der Waals surface area contributed by atoms with Crippen molar-refractivity contribution >= 4 is 46.8 Å². The summed E-state index contributed by atoms with van der Waals surface area (Å²) in [5.74, 6) is -1.74. The number of carboxylic acid groups (broad SMARTS) is 2. The zero-order valence-electron chi connectivity index (χ0n) is 15.5. The molecule has 0 saturated carbocycles. The highest BCUT2D eigenvalue weighted by Gasteiger charge is 2.08. The molecule has 0 saturated heterocycles. The second-order valence-corrected chi connectivity index (χ2v) is 5.60. The fourth-order valence-corrected chi connectivity index (χ4v) is 2.27. The Bertz CT molecular complexity index is 917. The van der Waals surface area contributed by atoms with Crippen molar-refractivity contribution in [3.8, 4) is 0 Å². The van der Waals surface area contributed by atoms with Crippen LogP contribution in [0.15, 0.2) is 48.5 Å². The van der Waals surface area contributed by atoms with Gasteiger partial charge in [-0.25, -0.2) is 9.59 Å². The molecular weight excluding hydrogens is 398 g/mol. The Kier molecular flexibility index (Phi) is 7.44. The Morgan fingerprint density at radius 2 is 1.07 bits per heavy atom. The van der Waals surface area contributed by atoms with Crippen molar-refractivity contribution in [3.63, 3.8) is 0 Å². The number of carbonyl (C=O) groups is 2. The molecule has 10 heteroatoms. The lowest BCUT2D eigenvalue weighted by Gasteiger charge is -2.09. The van der Waals surface area contributed by atoms with Gasteiger partial charge in [0.15, 0.2) is 0 Å². The first-order valence-corrected chi connectivity index (χ1v) is 8.91. The molecule has 3 aromatic rings. The molecule has 4 N–H and O–H groups in total. The number of halogens is 1. The van der Waals surface area contributed by atoms with Crippen molar-refractivity contribution in [2.45, 2.75) is 13.8 Å². The number of aromatic nitrogens is 3. The van der Waals surface area contributed by atoms with Crippen LogP contribution in [0.5, 0.6) is 0 Å². The largest absolute Gasteiger partial charge is 0.478 e. The summed E-state index contributed by atoms with van der Waals surface area (Å²) in [5.41, 5.74) is 1.45. The molecule has 0 bridgehead atoms. The molecule has 0 fully saturated rings. The molecule has 150 valence electrons. The van der Waals surface area contributed by atoms with Crippen LogP contribution in [0.1, 0.15) is 34.6 Å². The SMILES string of the molecule is CC.O=C(O)c1ccc(Nc2nc(Cl)nc(Nc3ccc(C(=O)O)cc3)n2)cc1. The monoisotopic (exact) mass is 415 g/mol. The van der Waals surface area contributed by atoms with Crippen LogP contribution in [0, 0.1) is 0 Å². The molecule has 1 heterocycles. The molecule has 9 nitrogen and oxygen atoms in total. The molecule has 0 aliphatic carbocycles. The highest BCUT2D eigenvalue weighted by Crippen LogP contribution is 2.19. The Balaban J connectivity index is 0.00000145. The van der Waals surface area contributed by atoms with Crippen molar-refractivity contribution in [3.05, 3.63) is 64.9 Å². The van der Waals surface area contributed by atoms with Crippen molar-refractivity contribution in [2.24, 2.45) is 0 Å². The van der Waals surface area contributed by atoms with Gasteiger partial charge in [0.05, 0.1) is 11.1 Å².